The van der Waals surface area contributed by atoms with Gasteiger partial charge in [-0.25, -0.2) is 4.98 Å². The Kier molecular flexibility index (Phi) is 4.11. The molecule has 1 aromatic carbocycles. The summed E-state index contributed by atoms with van der Waals surface area (Å²) < 4.78 is 2.85. The number of aromatic nitrogens is 3. The van der Waals surface area contributed by atoms with E-state index >= 15 is 0 Å². The Morgan fingerprint density at radius 1 is 1.45 bits per heavy atom. The van der Waals surface area contributed by atoms with Crippen LogP contribution < -0.4 is 5.56 Å². The van der Waals surface area contributed by atoms with E-state index in [0.717, 1.165) is 11.3 Å². The fourth-order valence-corrected chi connectivity index (χ4v) is 3.77. The van der Waals surface area contributed by atoms with Crippen LogP contribution in [-0.4, -0.2) is 20.3 Å². The highest BCUT2D eigenvalue weighted by Gasteiger charge is 2.13. The third-order valence-corrected chi connectivity index (χ3v) is 5.09. The maximum absolute atomic E-state index is 12.2. The number of thiazole rings is 1. The Balaban J connectivity index is 2.26. The molecular weight excluding hydrogens is 336 g/mol. The largest absolute Gasteiger partial charge is 0.300 e. The monoisotopic (exact) mass is 346 g/mol. The Labute approximate surface area is 139 Å². The second-order valence-electron chi connectivity index (χ2n) is 4.51. The van der Waals surface area contributed by atoms with Gasteiger partial charge in [0.15, 0.2) is 14.8 Å². The number of hydrogen-bond donors (Lipinski definition) is 1. The van der Waals surface area contributed by atoms with Gasteiger partial charge in [-0.3, -0.25) is 9.36 Å². The fourth-order valence-electron chi connectivity index (χ4n) is 1.98. The molecular formula is C14H10N4OS3. The number of nitrogens with one attached hydrogen (secondary N) is 1. The van der Waals surface area contributed by atoms with Gasteiger partial charge >= 0.3 is 0 Å². The lowest BCUT2D eigenvalue weighted by atomic mass is 10.2. The summed E-state index contributed by atoms with van der Waals surface area (Å²) in [5.41, 5.74) is 2.32. The van der Waals surface area contributed by atoms with E-state index in [0.29, 0.717) is 19.5 Å². The van der Waals surface area contributed by atoms with Crippen LogP contribution in [0.2, 0.25) is 0 Å². The maximum Gasteiger partial charge on any atom is 0.271 e. The molecule has 2 aromatic heterocycles. The van der Waals surface area contributed by atoms with Crippen molar-refractivity contribution < 1.29 is 0 Å². The summed E-state index contributed by atoms with van der Waals surface area (Å²) in [5.74, 6) is 0.226. The average Bonchev–Trinajstić information content (AvgIpc) is 2.83. The SMILES string of the molecule is Cc1ccc(-n2c(=S)sc3c(=O)[nH]c(SCC#N)nc32)cc1. The van der Waals surface area contributed by atoms with Gasteiger partial charge in [-0.2, -0.15) is 5.26 Å². The number of thioether (sulfide) groups is 1. The lowest BCUT2D eigenvalue weighted by Gasteiger charge is -2.05. The van der Waals surface area contributed by atoms with Crippen molar-refractivity contribution >= 4 is 45.7 Å². The molecule has 0 amide bonds. The Morgan fingerprint density at radius 2 is 2.18 bits per heavy atom. The quantitative estimate of drug-likeness (QED) is 0.447. The second-order valence-corrected chi connectivity index (χ2v) is 7.12. The van der Waals surface area contributed by atoms with Crippen molar-refractivity contribution in [3.63, 3.8) is 0 Å². The van der Waals surface area contributed by atoms with E-state index in [4.69, 9.17) is 17.5 Å². The Morgan fingerprint density at radius 3 is 2.86 bits per heavy atom. The molecule has 0 bridgehead atoms. The van der Waals surface area contributed by atoms with Gasteiger partial charge in [0.1, 0.15) is 4.70 Å². The lowest BCUT2D eigenvalue weighted by molar-refractivity contribution is 0.945. The van der Waals surface area contributed by atoms with Crippen LogP contribution in [0.4, 0.5) is 0 Å². The smallest absolute Gasteiger partial charge is 0.271 e. The number of fused-ring (bicyclic) bond motifs is 1. The number of aromatic amines is 1. The van der Waals surface area contributed by atoms with Gasteiger partial charge in [-0.05, 0) is 31.3 Å². The predicted octanol–water partition coefficient (Wildman–Crippen LogP) is 3.43. The third-order valence-electron chi connectivity index (χ3n) is 2.99. The van der Waals surface area contributed by atoms with Gasteiger partial charge in [0.05, 0.1) is 11.8 Å². The first kappa shape index (κ1) is 15.0. The molecule has 1 N–H and O–H groups in total. The highest BCUT2D eigenvalue weighted by atomic mass is 32.2. The Hall–Kier alpha value is -1.95. The topological polar surface area (TPSA) is 74.5 Å². The zero-order chi connectivity index (χ0) is 15.7. The molecule has 22 heavy (non-hydrogen) atoms. The van der Waals surface area contributed by atoms with E-state index in [2.05, 4.69) is 9.97 Å². The first-order valence-corrected chi connectivity index (χ1v) is 8.54. The minimum atomic E-state index is -0.229. The molecule has 0 aliphatic rings. The minimum absolute atomic E-state index is 0.226. The van der Waals surface area contributed by atoms with Crippen LogP contribution in [0.15, 0.2) is 34.2 Å². The van der Waals surface area contributed by atoms with E-state index < -0.39 is 0 Å². The lowest BCUT2D eigenvalue weighted by Crippen LogP contribution is -2.09. The van der Waals surface area contributed by atoms with Crippen LogP contribution in [0.1, 0.15) is 5.56 Å². The molecule has 0 fully saturated rings. The van der Waals surface area contributed by atoms with Crippen molar-refractivity contribution in [2.45, 2.75) is 12.1 Å². The normalized spacial score (nSPS) is 10.7. The van der Waals surface area contributed by atoms with Crippen molar-refractivity contribution in [2.24, 2.45) is 0 Å². The van der Waals surface area contributed by atoms with Crippen LogP contribution in [0.25, 0.3) is 16.0 Å². The van der Waals surface area contributed by atoms with Crippen molar-refractivity contribution in [2.75, 3.05) is 5.75 Å². The zero-order valence-corrected chi connectivity index (χ0v) is 13.9. The van der Waals surface area contributed by atoms with E-state index in [1.165, 1.54) is 23.1 Å². The molecule has 3 rings (SSSR count). The summed E-state index contributed by atoms with van der Waals surface area (Å²) in [5, 5.41) is 9.09. The molecule has 110 valence electrons. The van der Waals surface area contributed by atoms with Crippen LogP contribution >= 0.6 is 35.3 Å². The third kappa shape index (κ3) is 2.70. The molecule has 8 heteroatoms. The van der Waals surface area contributed by atoms with Gasteiger partial charge < -0.3 is 4.98 Å². The molecule has 5 nitrogen and oxygen atoms in total. The van der Waals surface area contributed by atoms with E-state index in [-0.39, 0.29) is 11.3 Å². The molecule has 0 saturated heterocycles. The van der Waals surface area contributed by atoms with Gasteiger partial charge in [-0.1, -0.05) is 40.8 Å². The molecule has 0 spiro atoms. The molecule has 0 unspecified atom stereocenters. The summed E-state index contributed by atoms with van der Waals surface area (Å²) >= 11 is 7.82. The van der Waals surface area contributed by atoms with Crippen LogP contribution in [-0.2, 0) is 0 Å². The average molecular weight is 346 g/mol. The summed E-state index contributed by atoms with van der Waals surface area (Å²) in [6, 6.07) is 9.88. The highest BCUT2D eigenvalue weighted by molar-refractivity contribution is 7.99. The van der Waals surface area contributed by atoms with Crippen molar-refractivity contribution in [3.8, 4) is 11.8 Å². The first-order valence-electron chi connectivity index (χ1n) is 6.33. The number of benzene rings is 1. The number of rotatable bonds is 3. The minimum Gasteiger partial charge on any atom is -0.300 e. The first-order chi connectivity index (χ1) is 10.6. The van der Waals surface area contributed by atoms with Gasteiger partial charge in [0.2, 0.25) is 0 Å². The van der Waals surface area contributed by atoms with Crippen molar-refractivity contribution in [3.05, 3.63) is 44.1 Å². The molecule has 3 aromatic rings. The van der Waals surface area contributed by atoms with E-state index in [1.54, 1.807) is 4.57 Å². The number of hydrogen-bond acceptors (Lipinski definition) is 6. The summed E-state index contributed by atoms with van der Waals surface area (Å²) in [4.78, 5) is 19.3. The second kappa shape index (κ2) is 6.04. The zero-order valence-electron chi connectivity index (χ0n) is 11.5. The van der Waals surface area contributed by atoms with E-state index in [1.807, 2.05) is 37.3 Å². The van der Waals surface area contributed by atoms with E-state index in [9.17, 15) is 4.79 Å². The van der Waals surface area contributed by atoms with Gasteiger partial charge in [-0.15, -0.1) is 0 Å². The highest BCUT2D eigenvalue weighted by Crippen LogP contribution is 2.24. The molecule has 0 atom stereocenters. The van der Waals surface area contributed by atoms with Crippen LogP contribution in [0.3, 0.4) is 0 Å². The van der Waals surface area contributed by atoms with Crippen LogP contribution in [0.5, 0.6) is 0 Å². The summed E-state index contributed by atoms with van der Waals surface area (Å²) in [6.45, 7) is 2.01. The number of H-pyrrole nitrogens is 1. The number of nitrogens with zero attached hydrogens (tertiary/aromatic N) is 3. The standard InChI is InChI=1S/C14H10N4OS3/c1-8-2-4-9(5-3-8)18-11-10(22-14(18)20)12(19)17-13(16-11)21-7-6-15/h2-5H,7H2,1H3,(H,16,17,19). The summed E-state index contributed by atoms with van der Waals surface area (Å²) in [7, 11) is 0. The van der Waals surface area contributed by atoms with Gasteiger partial charge in [0, 0.05) is 5.69 Å². The predicted molar refractivity (Wildman–Crippen MR) is 91.5 cm³/mol. The Bertz CT molecular complexity index is 992. The molecule has 0 radical (unpaired) electrons. The van der Waals surface area contributed by atoms with Crippen molar-refractivity contribution in [1.29, 1.82) is 5.26 Å². The van der Waals surface area contributed by atoms with Crippen molar-refractivity contribution in [1.82, 2.24) is 14.5 Å². The maximum atomic E-state index is 12.2. The fraction of sp³-hybridized carbons (Fsp3) is 0.143. The number of nitriles is 1. The molecule has 2 heterocycles. The van der Waals surface area contributed by atoms with Gasteiger partial charge in [0.25, 0.3) is 5.56 Å². The molecule has 0 aliphatic heterocycles. The number of aryl methyl sites for hydroxylation is 1. The molecule has 0 saturated carbocycles. The summed E-state index contributed by atoms with van der Waals surface area (Å²) in [6.07, 6.45) is 0. The molecule has 0 aliphatic carbocycles. The van der Waals surface area contributed by atoms with Crippen LogP contribution in [0, 0.1) is 22.2 Å².